The summed E-state index contributed by atoms with van der Waals surface area (Å²) in [5.41, 5.74) is 4.76. The maximum Gasteiger partial charge on any atom is 0.255 e. The van der Waals surface area contributed by atoms with Crippen LogP contribution in [-0.2, 0) is 6.54 Å². The first kappa shape index (κ1) is 18.6. The van der Waals surface area contributed by atoms with Crippen molar-refractivity contribution in [3.63, 3.8) is 0 Å². The predicted octanol–water partition coefficient (Wildman–Crippen LogP) is 4.76. The number of hydrogen-bond acceptors (Lipinski definition) is 3. The van der Waals surface area contributed by atoms with E-state index < -0.39 is 0 Å². The van der Waals surface area contributed by atoms with Crippen molar-refractivity contribution in [1.29, 1.82) is 0 Å². The van der Waals surface area contributed by atoms with Crippen LogP contribution in [0.3, 0.4) is 0 Å². The highest BCUT2D eigenvalue weighted by Gasteiger charge is 2.40. The lowest BCUT2D eigenvalue weighted by atomic mass is 9.88. The van der Waals surface area contributed by atoms with Crippen LogP contribution in [0.2, 0.25) is 0 Å². The van der Waals surface area contributed by atoms with Crippen molar-refractivity contribution < 1.29 is 4.79 Å². The Morgan fingerprint density at radius 1 is 1.21 bits per heavy atom. The molecular formula is C24H30N4O. The second-order valence-corrected chi connectivity index (χ2v) is 8.75. The van der Waals surface area contributed by atoms with E-state index in [-0.39, 0.29) is 5.91 Å². The molecule has 5 nitrogen and oxygen atoms in total. The summed E-state index contributed by atoms with van der Waals surface area (Å²) in [4.78, 5) is 20.4. The largest absolute Gasteiger partial charge is 0.332 e. The number of aromatic nitrogens is 2. The van der Waals surface area contributed by atoms with Crippen LogP contribution >= 0.6 is 0 Å². The second-order valence-electron chi connectivity index (χ2n) is 8.75. The number of benzene rings is 1. The van der Waals surface area contributed by atoms with E-state index in [0.29, 0.717) is 12.1 Å². The van der Waals surface area contributed by atoms with E-state index in [0.717, 1.165) is 68.1 Å². The highest BCUT2D eigenvalue weighted by molar-refractivity contribution is 6.06. The Morgan fingerprint density at radius 3 is 2.93 bits per heavy atom. The van der Waals surface area contributed by atoms with Crippen LogP contribution in [0.25, 0.3) is 10.9 Å². The summed E-state index contributed by atoms with van der Waals surface area (Å²) in [5.74, 6) is 0.190. The average molecular weight is 391 g/mol. The van der Waals surface area contributed by atoms with Crippen LogP contribution in [0.1, 0.15) is 68.6 Å². The molecule has 1 unspecified atom stereocenters. The number of amides is 1. The molecule has 1 aliphatic heterocycles. The summed E-state index contributed by atoms with van der Waals surface area (Å²) >= 11 is 0. The molecule has 0 bridgehead atoms. The first-order valence-corrected chi connectivity index (χ1v) is 11.2. The van der Waals surface area contributed by atoms with Crippen LogP contribution in [-0.4, -0.2) is 45.4 Å². The van der Waals surface area contributed by atoms with Crippen molar-refractivity contribution in [2.45, 2.75) is 76.9 Å². The molecule has 3 aliphatic rings. The van der Waals surface area contributed by atoms with E-state index in [1.54, 1.807) is 0 Å². The van der Waals surface area contributed by atoms with Gasteiger partial charge in [0, 0.05) is 30.2 Å². The van der Waals surface area contributed by atoms with Crippen LogP contribution in [0.5, 0.6) is 0 Å². The zero-order chi connectivity index (χ0) is 19.8. The molecule has 2 heterocycles. The van der Waals surface area contributed by atoms with Crippen molar-refractivity contribution in [2.24, 2.45) is 4.99 Å². The molecule has 152 valence electrons. The zero-order valence-electron chi connectivity index (χ0n) is 17.3. The van der Waals surface area contributed by atoms with Crippen molar-refractivity contribution in [3.8, 4) is 0 Å². The average Bonchev–Trinajstić information content (AvgIpc) is 3.30. The Kier molecular flexibility index (Phi) is 4.98. The molecule has 0 N–H and O–H groups in total. The highest BCUT2D eigenvalue weighted by Crippen LogP contribution is 2.38. The Balaban J connectivity index is 1.42. The summed E-state index contributed by atoms with van der Waals surface area (Å²) in [5, 5.41) is 5.61. The summed E-state index contributed by atoms with van der Waals surface area (Å²) in [7, 11) is 0. The molecule has 1 aromatic carbocycles. The fourth-order valence-electron chi connectivity index (χ4n) is 4.93. The van der Waals surface area contributed by atoms with Crippen molar-refractivity contribution in [2.75, 3.05) is 6.54 Å². The van der Waals surface area contributed by atoms with Crippen LogP contribution in [0.15, 0.2) is 40.5 Å². The number of hydrogen-bond donors (Lipinski definition) is 0. The number of nitrogens with zero attached hydrogens (tertiary/aromatic N) is 4. The normalized spacial score (nSPS) is 21.1. The Hall–Kier alpha value is -2.43. The van der Waals surface area contributed by atoms with E-state index in [1.807, 2.05) is 24.5 Å². The van der Waals surface area contributed by atoms with E-state index in [9.17, 15) is 4.79 Å². The van der Waals surface area contributed by atoms with Crippen molar-refractivity contribution in [3.05, 3.63) is 41.1 Å². The minimum absolute atomic E-state index is 0.190. The molecule has 29 heavy (non-hydrogen) atoms. The maximum atomic E-state index is 13.7. The number of carbonyl (C=O) groups is 1. The van der Waals surface area contributed by atoms with Crippen LogP contribution < -0.4 is 0 Å². The first-order valence-electron chi connectivity index (χ1n) is 11.2. The fourth-order valence-corrected chi connectivity index (χ4v) is 4.93. The van der Waals surface area contributed by atoms with Gasteiger partial charge >= 0.3 is 0 Å². The molecule has 0 spiro atoms. The number of fused-ring (bicyclic) bond motifs is 1. The molecule has 5 heteroatoms. The van der Waals surface area contributed by atoms with Gasteiger partial charge in [-0.15, -0.1) is 0 Å². The van der Waals surface area contributed by atoms with Gasteiger partial charge in [0.1, 0.15) is 0 Å². The third-order valence-corrected chi connectivity index (χ3v) is 6.68. The Morgan fingerprint density at radius 2 is 2.10 bits per heavy atom. The van der Waals surface area contributed by atoms with E-state index >= 15 is 0 Å². The molecule has 0 saturated heterocycles. The fraction of sp³-hybridized carbons (Fsp3) is 0.542. The summed E-state index contributed by atoms with van der Waals surface area (Å²) in [6.07, 6.45) is 12.8. The van der Waals surface area contributed by atoms with Crippen molar-refractivity contribution in [1.82, 2.24) is 14.7 Å². The van der Waals surface area contributed by atoms with Gasteiger partial charge in [0.05, 0.1) is 23.8 Å². The van der Waals surface area contributed by atoms with E-state index in [1.165, 1.54) is 24.0 Å². The molecule has 1 amide bonds. The second kappa shape index (κ2) is 7.77. The van der Waals surface area contributed by atoms with Gasteiger partial charge in [0.2, 0.25) is 0 Å². The molecular weight excluding hydrogens is 360 g/mol. The lowest BCUT2D eigenvalue weighted by molar-refractivity contribution is 0.0647. The third-order valence-electron chi connectivity index (χ3n) is 6.68. The molecule has 1 saturated carbocycles. The van der Waals surface area contributed by atoms with Gasteiger partial charge in [-0.2, -0.15) is 5.10 Å². The minimum atomic E-state index is 0.190. The molecule has 2 aliphatic carbocycles. The van der Waals surface area contributed by atoms with Crippen LogP contribution in [0, 0.1) is 0 Å². The summed E-state index contributed by atoms with van der Waals surface area (Å²) in [6, 6.07) is 6.81. The zero-order valence-corrected chi connectivity index (χ0v) is 17.3. The third kappa shape index (κ3) is 3.52. The standard InChI is InChI=1S/C24H30N4O/c1-2-3-4-12-27-23-7-5-6-21(22(23)16-26-27)24(29)28(19-10-11-19)20-9-8-17-14-25-15-18(17)13-20/h5-7,15-16,19-20H,2-4,8-14H2,1H3. The smallest absolute Gasteiger partial charge is 0.255 e. The number of aliphatic imine (C=N–C) groups is 1. The van der Waals surface area contributed by atoms with E-state index in [4.69, 9.17) is 0 Å². The first-order chi connectivity index (χ1) is 14.3. The summed E-state index contributed by atoms with van der Waals surface area (Å²) < 4.78 is 2.07. The number of unbranched alkanes of at least 4 members (excludes halogenated alkanes) is 2. The topological polar surface area (TPSA) is 50.5 Å². The van der Waals surface area contributed by atoms with Gasteiger partial charge in [-0.1, -0.05) is 25.8 Å². The monoisotopic (exact) mass is 390 g/mol. The molecule has 1 atom stereocenters. The van der Waals surface area contributed by atoms with Gasteiger partial charge in [-0.25, -0.2) is 0 Å². The maximum absolute atomic E-state index is 13.7. The highest BCUT2D eigenvalue weighted by atomic mass is 16.2. The summed E-state index contributed by atoms with van der Waals surface area (Å²) in [6.45, 7) is 4.00. The SMILES string of the molecule is CCCCCn1ncc2c(C(=O)N(C3CC3)C3CCC4=C(C=NC4)C3)cccc21. The quantitative estimate of drug-likeness (QED) is 0.640. The molecule has 1 fully saturated rings. The number of aryl methyl sites for hydroxylation is 1. The lowest BCUT2D eigenvalue weighted by Gasteiger charge is -2.35. The van der Waals surface area contributed by atoms with Gasteiger partial charge in [-0.3, -0.25) is 14.5 Å². The molecule has 1 aromatic heterocycles. The molecule has 2 aromatic rings. The van der Waals surface area contributed by atoms with Gasteiger partial charge in [-0.05, 0) is 61.8 Å². The van der Waals surface area contributed by atoms with E-state index in [2.05, 4.69) is 32.7 Å². The van der Waals surface area contributed by atoms with Gasteiger partial charge in [0.15, 0.2) is 0 Å². The Labute approximate surface area is 172 Å². The predicted molar refractivity (Wildman–Crippen MR) is 116 cm³/mol. The minimum Gasteiger partial charge on any atom is -0.332 e. The molecule has 0 radical (unpaired) electrons. The number of carbonyl (C=O) groups excluding carboxylic acids is 1. The Bertz CT molecular complexity index is 982. The van der Waals surface area contributed by atoms with Gasteiger partial charge in [0.25, 0.3) is 5.91 Å². The number of rotatable bonds is 7. The van der Waals surface area contributed by atoms with Gasteiger partial charge < -0.3 is 4.90 Å². The lowest BCUT2D eigenvalue weighted by Crippen LogP contribution is -2.43. The van der Waals surface area contributed by atoms with Crippen molar-refractivity contribution >= 4 is 23.0 Å². The van der Waals surface area contributed by atoms with Crippen LogP contribution in [0.4, 0.5) is 0 Å². The molecule has 5 rings (SSSR count).